The predicted molar refractivity (Wildman–Crippen MR) is 211 cm³/mol. The number of carboxylic acids is 2. The van der Waals surface area contributed by atoms with Gasteiger partial charge in [0.2, 0.25) is 29.5 Å². The van der Waals surface area contributed by atoms with Crippen molar-refractivity contribution < 1.29 is 43.8 Å². The molecular formula is C35H49N13O9S. The monoisotopic (exact) mass is 827 g/mol. The van der Waals surface area contributed by atoms with E-state index >= 15 is 0 Å². The normalized spacial score (nSPS) is 14.0. The van der Waals surface area contributed by atoms with Crippen LogP contribution in [0.3, 0.4) is 0 Å². The van der Waals surface area contributed by atoms with Crippen LogP contribution >= 0.6 is 12.6 Å². The maximum absolute atomic E-state index is 14.1. The zero-order valence-electron chi connectivity index (χ0n) is 31.3. The summed E-state index contributed by atoms with van der Waals surface area (Å²) in [4.78, 5) is 109. The summed E-state index contributed by atoms with van der Waals surface area (Å²) in [5.74, 6) is -7.28. The van der Waals surface area contributed by atoms with Crippen molar-refractivity contribution in [3.8, 4) is 0 Å². The molecule has 0 aliphatic carbocycles. The molecule has 6 atom stereocenters. The maximum Gasteiger partial charge on any atom is 0.327 e. The molecule has 2 aromatic heterocycles. The van der Waals surface area contributed by atoms with Crippen LogP contribution in [-0.4, -0.2) is 126 Å². The highest BCUT2D eigenvalue weighted by molar-refractivity contribution is 7.80. The molecule has 0 bridgehead atoms. The van der Waals surface area contributed by atoms with E-state index in [1.807, 2.05) is 0 Å². The number of nitrogens with zero attached hydrogens (tertiary/aromatic N) is 3. The number of carboxylic acid groups (broad SMARTS) is 2. The Balaban J connectivity index is 1.89. The number of aliphatic carboxylic acids is 2. The van der Waals surface area contributed by atoms with Crippen LogP contribution in [0.25, 0.3) is 0 Å². The van der Waals surface area contributed by atoms with Gasteiger partial charge in [0.1, 0.15) is 30.2 Å². The van der Waals surface area contributed by atoms with Crippen molar-refractivity contribution in [1.29, 1.82) is 0 Å². The summed E-state index contributed by atoms with van der Waals surface area (Å²) in [6.07, 6.45) is 4.62. The third-order valence-electron chi connectivity index (χ3n) is 8.51. The molecule has 0 unspecified atom stereocenters. The minimum absolute atomic E-state index is 0.0323. The fraction of sp³-hybridized carbons (Fsp3) is 0.429. The lowest BCUT2D eigenvalue weighted by Gasteiger charge is -2.27. The molecule has 15 N–H and O–H groups in total. The van der Waals surface area contributed by atoms with Crippen molar-refractivity contribution in [2.45, 2.75) is 81.2 Å². The number of amides is 5. The van der Waals surface area contributed by atoms with E-state index in [-0.39, 0.29) is 56.8 Å². The molecule has 0 aliphatic rings. The summed E-state index contributed by atoms with van der Waals surface area (Å²) in [6.45, 7) is 0.0555. The minimum atomic E-state index is -1.44. The van der Waals surface area contributed by atoms with E-state index in [0.29, 0.717) is 17.0 Å². The van der Waals surface area contributed by atoms with Gasteiger partial charge in [0.15, 0.2) is 5.96 Å². The number of nitrogens with one attached hydrogen (secondary N) is 7. The average Bonchev–Trinajstić information content (AvgIpc) is 3.90. The number of aliphatic imine (C=N–C) groups is 1. The summed E-state index contributed by atoms with van der Waals surface area (Å²) in [7, 11) is 0. The third kappa shape index (κ3) is 15.9. The van der Waals surface area contributed by atoms with Gasteiger partial charge in [-0.2, -0.15) is 12.6 Å². The molecule has 1 aromatic carbocycles. The highest BCUT2D eigenvalue weighted by atomic mass is 32.1. The van der Waals surface area contributed by atoms with E-state index < -0.39 is 84.1 Å². The fourth-order valence-corrected chi connectivity index (χ4v) is 5.72. The first-order chi connectivity index (χ1) is 27.7. The van der Waals surface area contributed by atoms with Crippen LogP contribution in [0, 0.1) is 0 Å². The summed E-state index contributed by atoms with van der Waals surface area (Å²) < 4.78 is 0. The highest BCUT2D eigenvalue weighted by Gasteiger charge is 2.33. The second-order valence-corrected chi connectivity index (χ2v) is 13.4. The quantitative estimate of drug-likeness (QED) is 0.0174. The van der Waals surface area contributed by atoms with Crippen molar-refractivity contribution in [3.05, 3.63) is 72.3 Å². The van der Waals surface area contributed by atoms with E-state index in [0.717, 1.165) is 0 Å². The van der Waals surface area contributed by atoms with Crippen LogP contribution in [0.2, 0.25) is 0 Å². The van der Waals surface area contributed by atoms with Crippen LogP contribution in [0.4, 0.5) is 0 Å². The Morgan fingerprint density at radius 1 is 0.690 bits per heavy atom. The van der Waals surface area contributed by atoms with E-state index in [1.165, 1.54) is 25.0 Å². The Kier molecular flexibility index (Phi) is 18.6. The molecule has 0 saturated carbocycles. The topological polar surface area (TPSA) is 368 Å². The molecule has 2 heterocycles. The lowest BCUT2D eigenvalue weighted by atomic mass is 10.0. The van der Waals surface area contributed by atoms with Gasteiger partial charge in [0.05, 0.1) is 18.7 Å². The number of H-pyrrole nitrogens is 2. The van der Waals surface area contributed by atoms with Gasteiger partial charge in [-0.05, 0) is 24.8 Å². The van der Waals surface area contributed by atoms with Crippen LogP contribution in [0.1, 0.15) is 42.6 Å². The Labute approximate surface area is 337 Å². The predicted octanol–water partition coefficient (Wildman–Crippen LogP) is -3.16. The van der Waals surface area contributed by atoms with Crippen LogP contribution < -0.4 is 43.8 Å². The number of benzene rings is 1. The molecule has 22 nitrogen and oxygen atoms in total. The molecule has 5 amide bonds. The fourth-order valence-electron chi connectivity index (χ4n) is 5.47. The molecule has 0 radical (unpaired) electrons. The SMILES string of the molecule is NC(N)=NCCC[C@H](NC(=O)[C@H](Cc1ccccc1)NC(=O)[C@H](CCC(=O)O)NC(=O)[C@@H](N)Cc1cnc[nH]1)C(=O)N[C@@H](Cc1cnc[nH]1)C(=O)N[C@@H](CS)C(=O)O. The number of imidazole rings is 2. The number of aromatic amines is 2. The van der Waals surface area contributed by atoms with Crippen molar-refractivity contribution in [2.24, 2.45) is 22.2 Å². The lowest BCUT2D eigenvalue weighted by Crippen LogP contribution is -2.60. The zero-order valence-corrected chi connectivity index (χ0v) is 32.2. The Morgan fingerprint density at radius 3 is 1.71 bits per heavy atom. The molecule has 0 fully saturated rings. The van der Waals surface area contributed by atoms with E-state index in [2.05, 4.69) is 64.1 Å². The highest BCUT2D eigenvalue weighted by Crippen LogP contribution is 2.09. The zero-order chi connectivity index (χ0) is 42.6. The largest absolute Gasteiger partial charge is 0.481 e. The summed E-state index contributed by atoms with van der Waals surface area (Å²) >= 11 is 3.98. The van der Waals surface area contributed by atoms with Gasteiger partial charge in [-0.1, -0.05) is 30.3 Å². The van der Waals surface area contributed by atoms with Gasteiger partial charge < -0.3 is 64.0 Å². The maximum atomic E-state index is 14.1. The molecule has 58 heavy (non-hydrogen) atoms. The minimum Gasteiger partial charge on any atom is -0.481 e. The molecule has 0 aliphatic heterocycles. The smallest absolute Gasteiger partial charge is 0.327 e. The number of hydrogen-bond acceptors (Lipinski definition) is 12. The molecule has 314 valence electrons. The summed E-state index contributed by atoms with van der Waals surface area (Å²) in [6, 6.07) is 0.462. The Hall–Kier alpha value is -6.49. The lowest BCUT2D eigenvalue weighted by molar-refractivity contribution is -0.141. The van der Waals surface area contributed by atoms with E-state index in [4.69, 9.17) is 17.2 Å². The number of nitrogens with two attached hydrogens (primary N) is 3. The van der Waals surface area contributed by atoms with Crippen molar-refractivity contribution >= 4 is 60.1 Å². The van der Waals surface area contributed by atoms with Crippen molar-refractivity contribution in [1.82, 2.24) is 46.5 Å². The van der Waals surface area contributed by atoms with Crippen LogP contribution in [0.15, 0.2) is 60.4 Å². The Bertz CT molecular complexity index is 1840. The standard InChI is InChI=1S/C35H49N13O9S/c36-22(12-20-14-39-17-42-20)29(51)44-24(8-9-28(49)50)31(53)46-25(11-19-5-2-1-3-6-19)32(54)45-23(7-4-10-41-35(37)38)30(52)47-26(13-21-15-40-18-43-21)33(55)48-27(16-58)34(56)57/h1-3,5-6,14-15,17-18,22-27,58H,4,7-13,16,36H2,(H,39,42)(H,40,43)(H,44,51)(H,45,54)(H,46,53)(H,47,52)(H,48,55)(H,49,50)(H,56,57)(H4,37,38,41)/t22-,23-,24-,25-,26-,27-/m0/s1. The number of rotatable bonds is 25. The second-order valence-electron chi connectivity index (χ2n) is 13.1. The average molecular weight is 828 g/mol. The van der Waals surface area contributed by atoms with Gasteiger partial charge >= 0.3 is 11.9 Å². The molecular weight excluding hydrogens is 779 g/mol. The molecule has 0 spiro atoms. The first-order valence-electron chi connectivity index (χ1n) is 18.0. The van der Waals surface area contributed by atoms with Gasteiger partial charge in [0, 0.05) is 61.8 Å². The van der Waals surface area contributed by atoms with E-state index in [1.54, 1.807) is 30.3 Å². The number of hydrogen-bond donors (Lipinski definition) is 13. The first kappa shape index (κ1) is 45.9. The number of thiol groups is 1. The summed E-state index contributed by atoms with van der Waals surface area (Å²) in [5.41, 5.74) is 18.5. The van der Waals surface area contributed by atoms with Crippen LogP contribution in [0.5, 0.6) is 0 Å². The number of carbonyl (C=O) groups excluding carboxylic acids is 5. The summed E-state index contributed by atoms with van der Waals surface area (Å²) in [5, 5.41) is 31.5. The van der Waals surface area contributed by atoms with E-state index in [9.17, 15) is 43.8 Å². The second kappa shape index (κ2) is 23.5. The first-order valence-corrected chi connectivity index (χ1v) is 18.7. The number of carbonyl (C=O) groups is 7. The van der Waals surface area contributed by atoms with Gasteiger partial charge in [-0.3, -0.25) is 33.8 Å². The van der Waals surface area contributed by atoms with Crippen LogP contribution in [-0.2, 0) is 52.8 Å². The van der Waals surface area contributed by atoms with Crippen molar-refractivity contribution in [3.63, 3.8) is 0 Å². The van der Waals surface area contributed by atoms with Crippen molar-refractivity contribution in [2.75, 3.05) is 12.3 Å². The molecule has 23 heteroatoms. The van der Waals surface area contributed by atoms with Gasteiger partial charge in [-0.15, -0.1) is 0 Å². The number of aromatic nitrogens is 4. The molecule has 0 saturated heterocycles. The molecule has 3 aromatic rings. The van der Waals surface area contributed by atoms with Gasteiger partial charge in [0.25, 0.3) is 0 Å². The number of guanidine groups is 1. The van der Waals surface area contributed by atoms with Gasteiger partial charge in [-0.25, -0.2) is 14.8 Å². The molecule has 3 rings (SSSR count). The Morgan fingerprint density at radius 2 is 1.19 bits per heavy atom. The third-order valence-corrected chi connectivity index (χ3v) is 8.88.